The predicted octanol–water partition coefficient (Wildman–Crippen LogP) is 4.96. The topological polar surface area (TPSA) is 46.3 Å². The maximum absolute atomic E-state index is 13.0. The smallest absolute Gasteiger partial charge is 0.290 e. The van der Waals surface area contributed by atoms with Gasteiger partial charge in [0.25, 0.3) is 5.91 Å². The minimum absolute atomic E-state index is 0.100. The summed E-state index contributed by atoms with van der Waals surface area (Å²) in [5, 5.41) is 2.01. The molecule has 2 aromatic heterocycles. The number of benzene rings is 1. The van der Waals surface area contributed by atoms with Crippen molar-refractivity contribution in [2.24, 2.45) is 0 Å². The van der Waals surface area contributed by atoms with Gasteiger partial charge in [-0.05, 0) is 46.2 Å². The number of hydrogen-bond acceptors (Lipinski definition) is 4. The highest BCUT2D eigenvalue weighted by atomic mass is 32.1. The summed E-state index contributed by atoms with van der Waals surface area (Å²) in [6.45, 7) is 9.98. The van der Waals surface area contributed by atoms with Crippen LogP contribution in [-0.2, 0) is 0 Å². The van der Waals surface area contributed by atoms with Crippen molar-refractivity contribution in [3.8, 4) is 0 Å². The molecule has 126 valence electrons. The van der Waals surface area contributed by atoms with E-state index in [-0.39, 0.29) is 11.9 Å². The monoisotopic (exact) mass is 342 g/mol. The van der Waals surface area contributed by atoms with E-state index in [4.69, 9.17) is 4.42 Å². The van der Waals surface area contributed by atoms with Crippen molar-refractivity contribution in [3.05, 3.63) is 50.7 Å². The SMILES string of the molecule is Cc1ccc2c(C)c(C(=O)N(C)[C@H](C)c3nc(C)sc3C)oc2c1. The third-order valence-electron chi connectivity index (χ3n) is 4.52. The molecule has 1 aromatic carbocycles. The second-order valence-corrected chi connectivity index (χ2v) is 7.73. The normalized spacial score (nSPS) is 12.6. The van der Waals surface area contributed by atoms with Crippen molar-refractivity contribution in [2.45, 2.75) is 40.7 Å². The van der Waals surface area contributed by atoms with Gasteiger partial charge in [-0.15, -0.1) is 11.3 Å². The molecule has 5 heteroatoms. The summed E-state index contributed by atoms with van der Waals surface area (Å²) in [5.74, 6) is 0.300. The number of hydrogen-bond donors (Lipinski definition) is 0. The van der Waals surface area contributed by atoms with Crippen LogP contribution in [0, 0.1) is 27.7 Å². The highest BCUT2D eigenvalue weighted by molar-refractivity contribution is 7.11. The summed E-state index contributed by atoms with van der Waals surface area (Å²) in [7, 11) is 1.80. The van der Waals surface area contributed by atoms with Gasteiger partial charge in [-0.25, -0.2) is 4.98 Å². The van der Waals surface area contributed by atoms with E-state index in [1.165, 1.54) is 0 Å². The molecule has 0 saturated carbocycles. The van der Waals surface area contributed by atoms with Crippen LogP contribution in [0.2, 0.25) is 0 Å². The highest BCUT2D eigenvalue weighted by Gasteiger charge is 2.27. The lowest BCUT2D eigenvalue weighted by atomic mass is 10.1. The first kappa shape index (κ1) is 16.7. The fourth-order valence-electron chi connectivity index (χ4n) is 2.99. The van der Waals surface area contributed by atoms with E-state index < -0.39 is 0 Å². The van der Waals surface area contributed by atoms with Gasteiger partial charge in [-0.3, -0.25) is 4.79 Å². The molecule has 0 spiro atoms. The first-order valence-corrected chi connectivity index (χ1v) is 8.82. The van der Waals surface area contributed by atoms with Crippen molar-refractivity contribution >= 4 is 28.2 Å². The maximum Gasteiger partial charge on any atom is 0.290 e. The molecule has 0 unspecified atom stereocenters. The van der Waals surface area contributed by atoms with Crippen LogP contribution in [0.15, 0.2) is 22.6 Å². The molecule has 0 N–H and O–H groups in total. The fraction of sp³-hybridized carbons (Fsp3) is 0.368. The van der Waals surface area contributed by atoms with E-state index in [1.54, 1.807) is 23.3 Å². The van der Waals surface area contributed by atoms with Crippen LogP contribution < -0.4 is 0 Å². The third-order valence-corrected chi connectivity index (χ3v) is 5.43. The minimum Gasteiger partial charge on any atom is -0.451 e. The van der Waals surface area contributed by atoms with Crippen LogP contribution in [0.25, 0.3) is 11.0 Å². The Labute approximate surface area is 146 Å². The van der Waals surface area contributed by atoms with Crippen molar-refractivity contribution in [1.29, 1.82) is 0 Å². The highest BCUT2D eigenvalue weighted by Crippen LogP contribution is 2.30. The zero-order valence-electron chi connectivity index (χ0n) is 14.9. The molecule has 0 aliphatic carbocycles. The molecule has 24 heavy (non-hydrogen) atoms. The number of aromatic nitrogens is 1. The molecule has 1 amide bonds. The van der Waals surface area contributed by atoms with Gasteiger partial charge in [-0.2, -0.15) is 0 Å². The summed E-state index contributed by atoms with van der Waals surface area (Å²) in [4.78, 5) is 20.4. The van der Waals surface area contributed by atoms with Gasteiger partial charge in [0.1, 0.15) is 5.58 Å². The van der Waals surface area contributed by atoms with Crippen molar-refractivity contribution in [1.82, 2.24) is 9.88 Å². The molecule has 0 radical (unpaired) electrons. The maximum atomic E-state index is 13.0. The molecule has 3 rings (SSSR count). The molecule has 0 aliphatic rings. The predicted molar refractivity (Wildman–Crippen MR) is 97.8 cm³/mol. The first-order chi connectivity index (χ1) is 11.3. The number of furan rings is 1. The number of rotatable bonds is 3. The molecule has 0 bridgehead atoms. The summed E-state index contributed by atoms with van der Waals surface area (Å²) in [6.07, 6.45) is 0. The second-order valence-electron chi connectivity index (χ2n) is 6.32. The number of aryl methyl sites for hydroxylation is 4. The van der Waals surface area contributed by atoms with E-state index in [0.717, 1.165) is 37.7 Å². The van der Waals surface area contributed by atoms with Gasteiger partial charge >= 0.3 is 0 Å². The Morgan fingerprint density at radius 3 is 2.58 bits per heavy atom. The number of thiazole rings is 1. The average Bonchev–Trinajstić information content (AvgIpc) is 3.04. The van der Waals surface area contributed by atoms with Crippen molar-refractivity contribution in [2.75, 3.05) is 7.05 Å². The number of nitrogens with zero attached hydrogens (tertiary/aromatic N) is 2. The summed E-state index contributed by atoms with van der Waals surface area (Å²) in [6, 6.07) is 5.91. The van der Waals surface area contributed by atoms with Crippen LogP contribution in [0.5, 0.6) is 0 Å². The number of amides is 1. The van der Waals surface area contributed by atoms with Gasteiger partial charge in [-0.1, -0.05) is 12.1 Å². The standard InChI is InChI=1S/C19H22N2O2S/c1-10-7-8-15-11(2)18(23-16(15)9-10)19(22)21(6)12(3)17-13(4)24-14(5)20-17/h7-9,12H,1-6H3/t12-/m1/s1. The van der Waals surface area contributed by atoms with Crippen LogP contribution in [0.4, 0.5) is 0 Å². The molecular formula is C19H22N2O2S. The molecule has 1 atom stereocenters. The van der Waals surface area contributed by atoms with Crippen LogP contribution in [0.3, 0.4) is 0 Å². The quantitative estimate of drug-likeness (QED) is 0.676. The zero-order chi connectivity index (χ0) is 17.6. The van der Waals surface area contributed by atoms with E-state index >= 15 is 0 Å². The van der Waals surface area contributed by atoms with Gasteiger partial charge in [0.15, 0.2) is 5.76 Å². The van der Waals surface area contributed by atoms with E-state index in [9.17, 15) is 4.79 Å². The average molecular weight is 342 g/mol. The Morgan fingerprint density at radius 2 is 1.96 bits per heavy atom. The fourth-order valence-corrected chi connectivity index (χ4v) is 3.90. The van der Waals surface area contributed by atoms with Crippen LogP contribution in [-0.4, -0.2) is 22.8 Å². The summed E-state index contributed by atoms with van der Waals surface area (Å²) >= 11 is 1.66. The number of carbonyl (C=O) groups excluding carboxylic acids is 1. The Balaban J connectivity index is 1.96. The lowest BCUT2D eigenvalue weighted by Gasteiger charge is -2.23. The molecule has 0 aliphatic heterocycles. The lowest BCUT2D eigenvalue weighted by Crippen LogP contribution is -2.30. The Morgan fingerprint density at radius 1 is 1.25 bits per heavy atom. The minimum atomic E-state index is -0.112. The van der Waals surface area contributed by atoms with E-state index in [1.807, 2.05) is 52.8 Å². The summed E-state index contributed by atoms with van der Waals surface area (Å²) in [5.41, 5.74) is 3.72. The molecule has 0 fully saturated rings. The third kappa shape index (κ3) is 2.73. The van der Waals surface area contributed by atoms with Gasteiger partial charge in [0, 0.05) is 22.9 Å². The second kappa shape index (κ2) is 6.06. The van der Waals surface area contributed by atoms with Gasteiger partial charge in [0.05, 0.1) is 16.7 Å². The van der Waals surface area contributed by atoms with Gasteiger partial charge < -0.3 is 9.32 Å². The molecule has 3 aromatic rings. The Bertz CT molecular complexity index is 923. The lowest BCUT2D eigenvalue weighted by molar-refractivity contribution is 0.0709. The number of carbonyl (C=O) groups is 1. The van der Waals surface area contributed by atoms with Crippen molar-refractivity contribution < 1.29 is 9.21 Å². The van der Waals surface area contributed by atoms with E-state index in [0.29, 0.717) is 5.76 Å². The van der Waals surface area contributed by atoms with Crippen molar-refractivity contribution in [3.63, 3.8) is 0 Å². The van der Waals surface area contributed by atoms with Crippen LogP contribution in [0.1, 0.15) is 50.2 Å². The molecular weight excluding hydrogens is 320 g/mol. The Kier molecular flexibility index (Phi) is 4.22. The number of fused-ring (bicyclic) bond motifs is 1. The largest absolute Gasteiger partial charge is 0.451 e. The molecule has 0 saturated heterocycles. The molecule has 2 heterocycles. The zero-order valence-corrected chi connectivity index (χ0v) is 15.7. The Hall–Kier alpha value is -2.14. The first-order valence-electron chi connectivity index (χ1n) is 8.00. The van der Waals surface area contributed by atoms with Crippen LogP contribution >= 0.6 is 11.3 Å². The van der Waals surface area contributed by atoms with E-state index in [2.05, 4.69) is 4.98 Å². The molecule has 4 nitrogen and oxygen atoms in total. The van der Waals surface area contributed by atoms with Gasteiger partial charge in [0.2, 0.25) is 0 Å². The summed E-state index contributed by atoms with van der Waals surface area (Å²) < 4.78 is 5.88.